The van der Waals surface area contributed by atoms with Crippen LogP contribution in [0.3, 0.4) is 0 Å². The van der Waals surface area contributed by atoms with E-state index >= 15 is 0 Å². The van der Waals surface area contributed by atoms with Crippen molar-refractivity contribution < 1.29 is 9.66 Å². The smallest absolute Gasteiger partial charge is 0.173 e. The Morgan fingerprint density at radius 2 is 2.04 bits per heavy atom. The van der Waals surface area contributed by atoms with Crippen molar-refractivity contribution in [3.8, 4) is 11.1 Å². The lowest BCUT2D eigenvalue weighted by Gasteiger charge is -2.11. The first kappa shape index (κ1) is 16.0. The van der Waals surface area contributed by atoms with E-state index in [4.69, 9.17) is 5.11 Å². The minimum Gasteiger partial charge on any atom is -0.593 e. The Hall–Kier alpha value is -1.86. The molecule has 0 amide bonds. The number of nitrogens with one attached hydrogen (secondary N) is 2. The molecule has 3 rings (SSSR count). The summed E-state index contributed by atoms with van der Waals surface area (Å²) >= 11 is -1.25. The quantitative estimate of drug-likeness (QED) is 0.479. The van der Waals surface area contributed by atoms with Crippen molar-refractivity contribution in [1.82, 2.24) is 14.7 Å². The van der Waals surface area contributed by atoms with Gasteiger partial charge in [-0.3, -0.25) is 0 Å². The first-order chi connectivity index (χ1) is 11.2. The fourth-order valence-corrected chi connectivity index (χ4v) is 3.38. The standard InChI is InChI=1S/C17H19N3O2S/c1-12-11-16-15(7-9-18-17(16)20-12)13-3-5-14(6-4-13)23(22)19-8-2-10-21/h3-7,9,11,19,21H,2,8,10H2,1H3,(H,18,20)/t23-/m1/s1. The molecule has 23 heavy (non-hydrogen) atoms. The molecule has 0 unspecified atom stereocenters. The number of benzene rings is 1. The van der Waals surface area contributed by atoms with Crippen molar-refractivity contribution in [3.05, 3.63) is 48.3 Å². The van der Waals surface area contributed by atoms with E-state index in [9.17, 15) is 4.55 Å². The number of hydrogen-bond acceptors (Lipinski definition) is 4. The summed E-state index contributed by atoms with van der Waals surface area (Å²) in [5, 5.41) is 9.84. The molecular formula is C17H19N3O2S. The third-order valence-corrected chi connectivity index (χ3v) is 4.78. The Morgan fingerprint density at radius 1 is 1.26 bits per heavy atom. The van der Waals surface area contributed by atoms with Gasteiger partial charge in [0.1, 0.15) is 5.65 Å². The van der Waals surface area contributed by atoms with Crippen molar-refractivity contribution >= 4 is 22.4 Å². The number of hydrogen-bond donors (Lipinski definition) is 3. The molecule has 0 aliphatic carbocycles. The minimum absolute atomic E-state index is 0.0945. The van der Waals surface area contributed by atoms with E-state index in [-0.39, 0.29) is 6.61 Å². The van der Waals surface area contributed by atoms with Gasteiger partial charge in [-0.25, -0.2) is 4.98 Å². The number of H-pyrrole nitrogens is 1. The summed E-state index contributed by atoms with van der Waals surface area (Å²) in [6.45, 7) is 2.63. The van der Waals surface area contributed by atoms with Gasteiger partial charge < -0.3 is 14.6 Å². The van der Waals surface area contributed by atoms with Gasteiger partial charge in [-0.2, -0.15) is 0 Å². The highest BCUT2D eigenvalue weighted by Gasteiger charge is 2.12. The number of aryl methyl sites for hydroxylation is 1. The largest absolute Gasteiger partial charge is 0.593 e. The molecule has 2 aromatic heterocycles. The number of aromatic amines is 1. The van der Waals surface area contributed by atoms with Crippen LogP contribution < -0.4 is 4.72 Å². The summed E-state index contributed by atoms with van der Waals surface area (Å²) in [4.78, 5) is 8.30. The Balaban J connectivity index is 1.83. The van der Waals surface area contributed by atoms with E-state index in [1.165, 1.54) is 0 Å². The van der Waals surface area contributed by atoms with E-state index in [0.29, 0.717) is 13.0 Å². The zero-order valence-electron chi connectivity index (χ0n) is 12.9. The molecule has 6 heteroatoms. The normalized spacial score (nSPS) is 12.7. The van der Waals surface area contributed by atoms with E-state index in [1.54, 1.807) is 6.20 Å². The Kier molecular flexibility index (Phi) is 4.97. The maximum Gasteiger partial charge on any atom is 0.173 e. The van der Waals surface area contributed by atoms with Gasteiger partial charge in [0, 0.05) is 30.4 Å². The molecule has 1 atom stereocenters. The maximum absolute atomic E-state index is 12.1. The molecule has 0 saturated heterocycles. The van der Waals surface area contributed by atoms with Gasteiger partial charge in [-0.05, 0) is 60.9 Å². The van der Waals surface area contributed by atoms with Crippen LogP contribution in [0.2, 0.25) is 0 Å². The second-order valence-electron chi connectivity index (χ2n) is 5.34. The second kappa shape index (κ2) is 7.14. The predicted molar refractivity (Wildman–Crippen MR) is 92.4 cm³/mol. The van der Waals surface area contributed by atoms with Crippen molar-refractivity contribution in [3.63, 3.8) is 0 Å². The molecule has 2 heterocycles. The zero-order chi connectivity index (χ0) is 16.2. The number of aliphatic hydroxyl groups is 1. The third-order valence-electron chi connectivity index (χ3n) is 3.61. The first-order valence-corrected chi connectivity index (χ1v) is 8.65. The van der Waals surface area contributed by atoms with Crippen molar-refractivity contribution in [2.24, 2.45) is 0 Å². The average Bonchev–Trinajstić information content (AvgIpc) is 2.95. The highest BCUT2D eigenvalue weighted by Crippen LogP contribution is 2.28. The fourth-order valence-electron chi connectivity index (χ4n) is 2.50. The topological polar surface area (TPSA) is 84.0 Å². The van der Waals surface area contributed by atoms with Gasteiger partial charge in [0.05, 0.1) is 11.4 Å². The molecule has 3 aromatic rings. The average molecular weight is 329 g/mol. The number of aromatic nitrogens is 2. The molecule has 0 fully saturated rings. The number of pyridine rings is 1. The van der Waals surface area contributed by atoms with Crippen molar-refractivity contribution in [1.29, 1.82) is 0 Å². The molecule has 0 bridgehead atoms. The highest BCUT2D eigenvalue weighted by atomic mass is 32.2. The van der Waals surface area contributed by atoms with Gasteiger partial charge in [0.15, 0.2) is 4.90 Å². The Labute approximate surface area is 138 Å². The van der Waals surface area contributed by atoms with Crippen LogP contribution >= 0.6 is 0 Å². The Morgan fingerprint density at radius 3 is 2.78 bits per heavy atom. The SMILES string of the molecule is Cc1cc2c(-c3ccc([S@@+]([O-])NCCCO)cc3)ccnc2[nH]1. The summed E-state index contributed by atoms with van der Waals surface area (Å²) in [5.41, 5.74) is 4.11. The van der Waals surface area contributed by atoms with Crippen molar-refractivity contribution in [2.45, 2.75) is 18.2 Å². The Bertz CT molecular complexity index is 786. The number of fused-ring (bicyclic) bond motifs is 1. The molecule has 1 aromatic carbocycles. The van der Waals surface area contributed by atoms with Gasteiger partial charge >= 0.3 is 0 Å². The predicted octanol–water partition coefficient (Wildman–Crippen LogP) is 2.53. The van der Waals surface area contributed by atoms with Crippen molar-refractivity contribution in [2.75, 3.05) is 13.2 Å². The fraction of sp³-hybridized carbons (Fsp3) is 0.235. The van der Waals surface area contributed by atoms with E-state index in [1.807, 2.05) is 37.3 Å². The van der Waals surface area contributed by atoms with Crippen LogP contribution in [0, 0.1) is 6.92 Å². The molecule has 0 aliphatic rings. The van der Waals surface area contributed by atoms with Gasteiger partial charge in [-0.15, -0.1) is 4.72 Å². The van der Waals surface area contributed by atoms with Crippen LogP contribution in [0.5, 0.6) is 0 Å². The molecule has 120 valence electrons. The van der Waals surface area contributed by atoms with Crippen LogP contribution in [0.25, 0.3) is 22.2 Å². The first-order valence-electron chi connectivity index (χ1n) is 7.50. The van der Waals surface area contributed by atoms with E-state index < -0.39 is 11.4 Å². The van der Waals surface area contributed by atoms with Crippen LogP contribution in [-0.4, -0.2) is 32.8 Å². The van der Waals surface area contributed by atoms with Gasteiger partial charge in [0.25, 0.3) is 0 Å². The molecule has 0 saturated carbocycles. The molecule has 5 nitrogen and oxygen atoms in total. The van der Waals surface area contributed by atoms with Crippen LogP contribution in [0.4, 0.5) is 0 Å². The summed E-state index contributed by atoms with van der Waals surface area (Å²) in [5.74, 6) is 0. The summed E-state index contributed by atoms with van der Waals surface area (Å²) in [7, 11) is 0. The van der Waals surface area contributed by atoms with Crippen LogP contribution in [0.15, 0.2) is 47.5 Å². The molecule has 3 N–H and O–H groups in total. The number of nitrogens with zero attached hydrogens (tertiary/aromatic N) is 1. The lowest BCUT2D eigenvalue weighted by Crippen LogP contribution is -2.25. The van der Waals surface area contributed by atoms with Gasteiger partial charge in [0.2, 0.25) is 0 Å². The molecular weight excluding hydrogens is 310 g/mol. The number of rotatable bonds is 6. The second-order valence-corrected chi connectivity index (χ2v) is 6.64. The van der Waals surface area contributed by atoms with E-state index in [2.05, 4.69) is 20.8 Å². The maximum atomic E-state index is 12.1. The molecule has 0 spiro atoms. The summed E-state index contributed by atoms with van der Waals surface area (Å²) < 4.78 is 15.0. The van der Waals surface area contributed by atoms with E-state index in [0.717, 1.165) is 32.7 Å². The van der Waals surface area contributed by atoms with Crippen LogP contribution in [0.1, 0.15) is 12.1 Å². The summed E-state index contributed by atoms with van der Waals surface area (Å²) in [6, 6.07) is 11.7. The molecule has 0 radical (unpaired) electrons. The monoisotopic (exact) mass is 329 g/mol. The minimum atomic E-state index is -1.25. The highest BCUT2D eigenvalue weighted by molar-refractivity contribution is 7.89. The lowest BCUT2D eigenvalue weighted by atomic mass is 10.0. The van der Waals surface area contributed by atoms with Crippen LogP contribution in [-0.2, 0) is 11.4 Å². The third kappa shape index (κ3) is 3.56. The summed E-state index contributed by atoms with van der Waals surface area (Å²) in [6.07, 6.45) is 2.38. The zero-order valence-corrected chi connectivity index (χ0v) is 13.7. The van der Waals surface area contributed by atoms with Gasteiger partial charge in [-0.1, -0.05) is 0 Å². The molecule has 0 aliphatic heterocycles. The number of aliphatic hydroxyl groups excluding tert-OH is 1. The lowest BCUT2D eigenvalue weighted by molar-refractivity contribution is 0.289.